The third kappa shape index (κ3) is 2.76. The van der Waals surface area contributed by atoms with E-state index in [1.54, 1.807) is 0 Å². The Morgan fingerprint density at radius 3 is 1.85 bits per heavy atom. The van der Waals surface area contributed by atoms with Gasteiger partial charge in [-0.25, -0.2) is 0 Å². The largest absolute Gasteiger partial charge is 0.326 e. The molecule has 0 aliphatic heterocycles. The van der Waals surface area contributed by atoms with Crippen LogP contribution >= 0.6 is 0 Å². The summed E-state index contributed by atoms with van der Waals surface area (Å²) in [6.07, 6.45) is 7.92. The number of rotatable bonds is 4. The molecule has 2 aromatic rings. The second-order valence-electron chi connectivity index (χ2n) is 8.98. The first-order valence-electron chi connectivity index (χ1n) is 10.1. The lowest BCUT2D eigenvalue weighted by Crippen LogP contribution is -2.51. The Morgan fingerprint density at radius 1 is 0.808 bits per heavy atom. The van der Waals surface area contributed by atoms with Crippen LogP contribution in [0, 0.1) is 23.2 Å². The van der Waals surface area contributed by atoms with Crippen molar-refractivity contribution in [1.29, 1.82) is 0 Å². The lowest BCUT2D eigenvalue weighted by molar-refractivity contribution is -0.128. The van der Waals surface area contributed by atoms with Crippen LogP contribution in [-0.2, 0) is 4.79 Å². The molecule has 0 saturated heterocycles. The van der Waals surface area contributed by atoms with Crippen LogP contribution in [0.5, 0.6) is 0 Å². The van der Waals surface area contributed by atoms with Crippen molar-refractivity contribution in [2.24, 2.45) is 23.2 Å². The maximum absolute atomic E-state index is 13.5. The monoisotopic (exact) mass is 345 g/mol. The van der Waals surface area contributed by atoms with E-state index in [0.29, 0.717) is 0 Å². The molecule has 26 heavy (non-hydrogen) atoms. The molecule has 1 unspecified atom stereocenters. The molecule has 2 aromatic carbocycles. The Hall–Kier alpha value is -2.09. The van der Waals surface area contributed by atoms with Crippen molar-refractivity contribution in [3.8, 4) is 0 Å². The van der Waals surface area contributed by atoms with Crippen LogP contribution in [-0.4, -0.2) is 5.91 Å². The van der Waals surface area contributed by atoms with Crippen LogP contribution in [0.15, 0.2) is 60.7 Å². The average molecular weight is 345 g/mol. The molecule has 1 N–H and O–H groups in total. The van der Waals surface area contributed by atoms with E-state index in [-0.39, 0.29) is 17.2 Å². The molecule has 4 aliphatic carbocycles. The summed E-state index contributed by atoms with van der Waals surface area (Å²) in [5, 5.41) is 3.23. The minimum atomic E-state index is -0.0303. The molecular weight excluding hydrogens is 318 g/mol. The van der Waals surface area contributed by atoms with E-state index in [1.165, 1.54) is 44.1 Å². The van der Waals surface area contributed by atoms with Gasteiger partial charge in [0.2, 0.25) is 5.91 Å². The van der Waals surface area contributed by atoms with Gasteiger partial charge in [0, 0.05) is 5.69 Å². The molecule has 4 aliphatic rings. The van der Waals surface area contributed by atoms with Crippen molar-refractivity contribution in [1.82, 2.24) is 0 Å². The standard InChI is InChI=1S/C24H27NO/c26-23(25-21-9-5-2-6-10-21)22(20-7-3-1-4-8-20)24-14-17-11-18(15-24)13-19(12-17)16-24/h1-10,17-19,22H,11-16H2,(H,25,26). The first-order valence-corrected chi connectivity index (χ1v) is 10.1. The Labute approximate surface area is 156 Å². The topological polar surface area (TPSA) is 29.1 Å². The van der Waals surface area contributed by atoms with E-state index >= 15 is 0 Å². The van der Waals surface area contributed by atoms with Crippen molar-refractivity contribution in [3.63, 3.8) is 0 Å². The number of hydrogen-bond acceptors (Lipinski definition) is 1. The zero-order chi connectivity index (χ0) is 17.6. The van der Waals surface area contributed by atoms with E-state index in [4.69, 9.17) is 0 Å². The molecule has 4 saturated carbocycles. The molecule has 6 rings (SSSR count). The minimum absolute atomic E-state index is 0.0303. The lowest BCUT2D eigenvalue weighted by atomic mass is 9.45. The van der Waals surface area contributed by atoms with Crippen LogP contribution in [0.4, 0.5) is 5.69 Å². The van der Waals surface area contributed by atoms with Crippen LogP contribution < -0.4 is 5.32 Å². The summed E-state index contributed by atoms with van der Waals surface area (Å²) in [4.78, 5) is 13.5. The maximum atomic E-state index is 13.5. The fourth-order valence-electron chi connectivity index (χ4n) is 6.70. The number of para-hydroxylation sites is 1. The van der Waals surface area contributed by atoms with Crippen molar-refractivity contribution in [2.75, 3.05) is 5.32 Å². The predicted octanol–water partition coefficient (Wildman–Crippen LogP) is 5.63. The highest BCUT2D eigenvalue weighted by atomic mass is 16.1. The summed E-state index contributed by atoms with van der Waals surface area (Å²) in [5.74, 6) is 2.69. The molecule has 4 bridgehead atoms. The average Bonchev–Trinajstić information content (AvgIpc) is 2.62. The van der Waals surface area contributed by atoms with Gasteiger partial charge in [-0.3, -0.25) is 4.79 Å². The molecule has 0 aromatic heterocycles. The van der Waals surface area contributed by atoms with Gasteiger partial charge >= 0.3 is 0 Å². The number of carbonyl (C=O) groups excluding carboxylic acids is 1. The maximum Gasteiger partial charge on any atom is 0.232 e. The van der Waals surface area contributed by atoms with Gasteiger partial charge in [-0.1, -0.05) is 48.5 Å². The summed E-state index contributed by atoms with van der Waals surface area (Å²) in [5.41, 5.74) is 2.26. The van der Waals surface area contributed by atoms with Gasteiger partial charge in [-0.05, 0) is 79.4 Å². The van der Waals surface area contributed by atoms with Gasteiger partial charge in [-0.15, -0.1) is 0 Å². The third-order valence-electron chi connectivity index (χ3n) is 7.13. The Kier molecular flexibility index (Phi) is 3.88. The van der Waals surface area contributed by atoms with E-state index < -0.39 is 0 Å². The van der Waals surface area contributed by atoms with E-state index in [2.05, 4.69) is 35.6 Å². The molecule has 0 radical (unpaired) electrons. The fourth-order valence-corrected chi connectivity index (χ4v) is 6.70. The molecule has 134 valence electrons. The van der Waals surface area contributed by atoms with E-state index in [1.807, 2.05) is 30.3 Å². The van der Waals surface area contributed by atoms with Gasteiger partial charge in [0.25, 0.3) is 0 Å². The smallest absolute Gasteiger partial charge is 0.232 e. The van der Waals surface area contributed by atoms with E-state index in [9.17, 15) is 4.79 Å². The quantitative estimate of drug-likeness (QED) is 0.765. The Morgan fingerprint density at radius 2 is 1.31 bits per heavy atom. The number of anilines is 1. The van der Waals surface area contributed by atoms with Crippen LogP contribution in [0.3, 0.4) is 0 Å². The summed E-state index contributed by atoms with van der Waals surface area (Å²) >= 11 is 0. The summed E-state index contributed by atoms with van der Waals surface area (Å²) in [6, 6.07) is 20.5. The summed E-state index contributed by atoms with van der Waals surface area (Å²) in [6.45, 7) is 0. The molecule has 0 heterocycles. The Bertz CT molecular complexity index is 747. The third-order valence-corrected chi connectivity index (χ3v) is 7.13. The van der Waals surface area contributed by atoms with Crippen LogP contribution in [0.25, 0.3) is 0 Å². The first-order chi connectivity index (χ1) is 12.7. The van der Waals surface area contributed by atoms with Gasteiger partial charge < -0.3 is 5.32 Å². The predicted molar refractivity (Wildman–Crippen MR) is 105 cm³/mol. The van der Waals surface area contributed by atoms with E-state index in [0.717, 1.165) is 23.4 Å². The SMILES string of the molecule is O=C(Nc1ccccc1)C(c1ccccc1)C12CC3CC(CC(C3)C1)C2. The molecule has 4 fully saturated rings. The molecule has 1 amide bonds. The fraction of sp³-hybridized carbons (Fsp3) is 0.458. The number of nitrogens with one attached hydrogen (secondary N) is 1. The van der Waals surface area contributed by atoms with Crippen LogP contribution in [0.1, 0.15) is 50.0 Å². The number of carbonyl (C=O) groups is 1. The zero-order valence-electron chi connectivity index (χ0n) is 15.2. The second kappa shape index (κ2) is 6.26. The van der Waals surface area contributed by atoms with Crippen molar-refractivity contribution in [3.05, 3.63) is 66.2 Å². The minimum Gasteiger partial charge on any atom is -0.326 e. The first kappa shape index (κ1) is 16.1. The summed E-state index contributed by atoms with van der Waals surface area (Å²) < 4.78 is 0. The number of hydrogen-bond donors (Lipinski definition) is 1. The normalized spacial score (nSPS) is 33.0. The summed E-state index contributed by atoms with van der Waals surface area (Å²) in [7, 11) is 0. The lowest BCUT2D eigenvalue weighted by Gasteiger charge is -2.59. The number of amides is 1. The highest BCUT2D eigenvalue weighted by molar-refractivity contribution is 5.96. The molecule has 2 heteroatoms. The van der Waals surface area contributed by atoms with Gasteiger partial charge in [-0.2, -0.15) is 0 Å². The highest BCUT2D eigenvalue weighted by Crippen LogP contribution is 2.64. The molecule has 1 atom stereocenters. The van der Waals surface area contributed by atoms with Gasteiger partial charge in [0.1, 0.15) is 0 Å². The van der Waals surface area contributed by atoms with Crippen molar-refractivity contribution in [2.45, 2.75) is 44.4 Å². The van der Waals surface area contributed by atoms with Gasteiger partial charge in [0.05, 0.1) is 5.92 Å². The van der Waals surface area contributed by atoms with Gasteiger partial charge in [0.15, 0.2) is 0 Å². The zero-order valence-corrected chi connectivity index (χ0v) is 15.2. The molecule has 2 nitrogen and oxygen atoms in total. The van der Waals surface area contributed by atoms with Crippen molar-refractivity contribution >= 4 is 11.6 Å². The number of benzene rings is 2. The molecule has 0 spiro atoms. The Balaban J connectivity index is 1.52. The molecular formula is C24H27NO. The second-order valence-corrected chi connectivity index (χ2v) is 8.98. The van der Waals surface area contributed by atoms with Crippen molar-refractivity contribution < 1.29 is 4.79 Å². The van der Waals surface area contributed by atoms with Crippen LogP contribution in [0.2, 0.25) is 0 Å². The highest BCUT2D eigenvalue weighted by Gasteiger charge is 2.56.